The maximum Gasteiger partial charge on any atom is 0.412 e. The van der Waals surface area contributed by atoms with E-state index in [1.807, 2.05) is 31.2 Å². The fourth-order valence-corrected chi connectivity index (χ4v) is 5.29. The van der Waals surface area contributed by atoms with Crippen molar-refractivity contribution in [1.82, 2.24) is 39.7 Å². The van der Waals surface area contributed by atoms with Crippen LogP contribution in [0.4, 0.5) is 10.6 Å². The van der Waals surface area contributed by atoms with E-state index in [9.17, 15) is 9.59 Å². The largest absolute Gasteiger partial charge is 0.447 e. The van der Waals surface area contributed by atoms with Crippen molar-refractivity contribution in [3.8, 4) is 28.1 Å². The number of nitrogens with one attached hydrogen (secondary N) is 2. The molecule has 1 aliphatic heterocycles. The van der Waals surface area contributed by atoms with Gasteiger partial charge in [-0.1, -0.05) is 23.2 Å². The van der Waals surface area contributed by atoms with Gasteiger partial charge in [-0.25, -0.2) is 14.8 Å². The van der Waals surface area contributed by atoms with Gasteiger partial charge >= 0.3 is 6.09 Å². The molecule has 0 saturated heterocycles. The van der Waals surface area contributed by atoms with Gasteiger partial charge in [0.2, 0.25) is 0 Å². The minimum atomic E-state index is -0.630. The number of tetrazole rings is 1. The number of anilines is 1. The number of methoxy groups -OCH3 is 1. The molecule has 14 heteroatoms. The minimum absolute atomic E-state index is 0.133. The monoisotopic (exact) mass is 587 g/mol. The van der Waals surface area contributed by atoms with Crippen LogP contribution >= 0.6 is 11.6 Å². The summed E-state index contributed by atoms with van der Waals surface area (Å²) in [4.78, 5) is 37.5. The summed E-state index contributed by atoms with van der Waals surface area (Å²) >= 11 is 6.55. The molecule has 6 rings (SSSR count). The van der Waals surface area contributed by atoms with Crippen LogP contribution in [-0.2, 0) is 15.9 Å². The van der Waals surface area contributed by atoms with Gasteiger partial charge in [0.25, 0.3) is 5.56 Å². The summed E-state index contributed by atoms with van der Waals surface area (Å²) in [5.41, 5.74) is 5.40. The molecule has 0 fully saturated rings. The van der Waals surface area contributed by atoms with E-state index in [0.29, 0.717) is 47.5 Å². The molecule has 1 atom stereocenters. The highest BCUT2D eigenvalue weighted by atomic mass is 35.5. The second kappa shape index (κ2) is 11.5. The number of halogens is 1. The quantitative estimate of drug-likeness (QED) is 0.257. The molecule has 0 saturated carbocycles. The molecule has 1 aliphatic rings. The number of hydrogen-bond acceptors (Lipinski definition) is 9. The smallest absolute Gasteiger partial charge is 0.412 e. The van der Waals surface area contributed by atoms with Crippen molar-refractivity contribution in [2.45, 2.75) is 25.8 Å². The second-order valence-corrected chi connectivity index (χ2v) is 10.1. The number of pyridine rings is 2. The van der Waals surface area contributed by atoms with Gasteiger partial charge in [0, 0.05) is 36.2 Å². The predicted molar refractivity (Wildman–Crippen MR) is 154 cm³/mol. The van der Waals surface area contributed by atoms with Crippen LogP contribution in [-0.4, -0.2) is 66.1 Å². The van der Waals surface area contributed by atoms with Crippen LogP contribution in [0, 0.1) is 6.92 Å². The molecule has 0 bridgehead atoms. The predicted octanol–water partition coefficient (Wildman–Crippen LogP) is 3.97. The van der Waals surface area contributed by atoms with E-state index in [2.05, 4.69) is 30.8 Å². The zero-order valence-corrected chi connectivity index (χ0v) is 23.5. The third-order valence-electron chi connectivity index (χ3n) is 6.97. The Morgan fingerprint density at radius 2 is 2.05 bits per heavy atom. The van der Waals surface area contributed by atoms with Gasteiger partial charge < -0.3 is 19.0 Å². The normalized spacial score (nSPS) is 14.1. The van der Waals surface area contributed by atoms with Crippen molar-refractivity contribution in [3.63, 3.8) is 0 Å². The van der Waals surface area contributed by atoms with E-state index >= 15 is 0 Å². The fourth-order valence-electron chi connectivity index (χ4n) is 5.05. The molecular formula is C28H26ClN9O4. The highest BCUT2D eigenvalue weighted by Crippen LogP contribution is 2.35. The Hall–Kier alpha value is -4.88. The van der Waals surface area contributed by atoms with Gasteiger partial charge in [-0.15, -0.1) is 5.10 Å². The number of aryl methyl sites for hydroxylation is 2. The number of rotatable bonds is 8. The van der Waals surface area contributed by atoms with Crippen molar-refractivity contribution >= 4 is 23.5 Å². The minimum Gasteiger partial charge on any atom is -0.447 e. The zero-order valence-electron chi connectivity index (χ0n) is 22.7. The Bertz CT molecular complexity index is 1800. The average Bonchev–Trinajstić information content (AvgIpc) is 3.74. The number of nitrogens with zero attached hydrogens (tertiary/aromatic N) is 7. The number of carbonyl (C=O) groups is 1. The van der Waals surface area contributed by atoms with E-state index < -0.39 is 6.09 Å². The van der Waals surface area contributed by atoms with E-state index in [1.54, 1.807) is 33.6 Å². The Morgan fingerprint density at radius 3 is 2.81 bits per heavy atom. The lowest BCUT2D eigenvalue weighted by Gasteiger charge is -2.15. The highest BCUT2D eigenvalue weighted by molar-refractivity contribution is 6.31. The molecule has 1 aromatic carbocycles. The zero-order chi connectivity index (χ0) is 29.2. The first-order valence-corrected chi connectivity index (χ1v) is 13.5. The van der Waals surface area contributed by atoms with Crippen molar-refractivity contribution in [3.05, 3.63) is 87.6 Å². The number of aromatic nitrogens is 8. The Kier molecular flexibility index (Phi) is 7.50. The Labute approximate surface area is 244 Å². The first kappa shape index (κ1) is 27.3. The summed E-state index contributed by atoms with van der Waals surface area (Å²) in [7, 11) is 1.52. The second-order valence-electron chi connectivity index (χ2n) is 9.74. The maximum atomic E-state index is 13.5. The van der Waals surface area contributed by atoms with Crippen molar-refractivity contribution in [2.75, 3.05) is 25.6 Å². The summed E-state index contributed by atoms with van der Waals surface area (Å²) in [5, 5.41) is 14.4. The molecule has 13 nitrogen and oxygen atoms in total. The molecule has 0 spiro atoms. The van der Waals surface area contributed by atoms with Crippen LogP contribution in [0.1, 0.15) is 29.5 Å². The number of H-pyrrole nitrogens is 1. The average molecular weight is 588 g/mol. The molecule has 2 N–H and O–H groups in total. The molecule has 0 aliphatic carbocycles. The fraction of sp³-hybridized carbons (Fsp3) is 0.250. The molecule has 0 radical (unpaired) electrons. The van der Waals surface area contributed by atoms with E-state index in [0.717, 1.165) is 28.1 Å². The Balaban J connectivity index is 1.25. The van der Waals surface area contributed by atoms with Gasteiger partial charge in [0.15, 0.2) is 0 Å². The number of fused-ring (bicyclic) bond motifs is 1. The molecule has 4 aromatic heterocycles. The lowest BCUT2D eigenvalue weighted by molar-refractivity contribution is 0.107. The molecule has 0 unspecified atom stereocenters. The third kappa shape index (κ3) is 5.39. The standard InChI is InChI=1S/C28H26ClN9O4/c1-16-3-6-21(37-15-31-35-36-37)20(11-16)18-12-19-5-7-22(38(19)24(39)13-18)27-33-25(26(29)34-27)17-4-8-23(30-14-17)32-28(40)42-10-9-41-2/h3-4,6,8,11-15,22H,5,7,9-10H2,1-2H3,(H,33,34)(H,30,32,40)/t22-/m0/s1. The number of amides is 1. The van der Waals surface area contributed by atoms with Crippen LogP contribution in [0.3, 0.4) is 0 Å². The summed E-state index contributed by atoms with van der Waals surface area (Å²) < 4.78 is 13.2. The summed E-state index contributed by atoms with van der Waals surface area (Å²) in [6.45, 7) is 2.43. The highest BCUT2D eigenvalue weighted by Gasteiger charge is 2.29. The van der Waals surface area contributed by atoms with Crippen LogP contribution in [0.15, 0.2) is 59.8 Å². The van der Waals surface area contributed by atoms with Gasteiger partial charge in [-0.3, -0.25) is 10.1 Å². The van der Waals surface area contributed by atoms with Crippen LogP contribution in [0.2, 0.25) is 5.15 Å². The Morgan fingerprint density at radius 1 is 1.17 bits per heavy atom. The summed E-state index contributed by atoms with van der Waals surface area (Å²) in [6.07, 6.45) is 3.83. The first-order valence-electron chi connectivity index (χ1n) is 13.2. The van der Waals surface area contributed by atoms with Crippen LogP contribution in [0.5, 0.6) is 0 Å². The molecule has 5 aromatic rings. The van der Waals surface area contributed by atoms with Gasteiger partial charge in [0.05, 0.1) is 18.3 Å². The van der Waals surface area contributed by atoms with Gasteiger partial charge in [0.1, 0.15) is 35.4 Å². The van der Waals surface area contributed by atoms with Crippen LogP contribution < -0.4 is 10.9 Å². The van der Waals surface area contributed by atoms with Gasteiger partial charge in [-0.05, 0) is 66.1 Å². The summed E-state index contributed by atoms with van der Waals surface area (Å²) in [5.74, 6) is 0.898. The molecular weight excluding hydrogens is 562 g/mol. The lowest BCUT2D eigenvalue weighted by atomic mass is 10.0. The number of aromatic amines is 1. The maximum absolute atomic E-state index is 13.5. The molecule has 1 amide bonds. The molecule has 42 heavy (non-hydrogen) atoms. The number of benzene rings is 1. The van der Waals surface area contributed by atoms with Crippen LogP contribution in [0.25, 0.3) is 28.1 Å². The van der Waals surface area contributed by atoms with Gasteiger partial charge in [-0.2, -0.15) is 4.68 Å². The molecule has 214 valence electrons. The topological polar surface area (TPSA) is 155 Å². The van der Waals surface area contributed by atoms with Crippen molar-refractivity contribution in [1.29, 1.82) is 0 Å². The lowest BCUT2D eigenvalue weighted by Crippen LogP contribution is -2.24. The molecule has 5 heterocycles. The van der Waals surface area contributed by atoms with Crippen molar-refractivity contribution < 1.29 is 14.3 Å². The van der Waals surface area contributed by atoms with Crippen molar-refractivity contribution in [2.24, 2.45) is 0 Å². The van der Waals surface area contributed by atoms with E-state index in [4.69, 9.17) is 26.1 Å². The summed E-state index contributed by atoms with van der Waals surface area (Å²) in [6, 6.07) is 12.7. The van der Waals surface area contributed by atoms with E-state index in [-0.39, 0.29) is 18.2 Å². The number of carbonyl (C=O) groups excluding carboxylic acids is 1. The third-order valence-corrected chi connectivity index (χ3v) is 7.25. The first-order chi connectivity index (χ1) is 20.4. The number of ether oxygens (including phenoxy) is 2. The number of hydrogen-bond donors (Lipinski definition) is 2. The number of imidazole rings is 1. The SMILES string of the molecule is COCCOC(=O)Nc1ccc(-c2nc([C@@H]3CCc4cc(-c5cc(C)ccc5-n5cnnn5)cc(=O)n43)[nH]c2Cl)cn1. The van der Waals surface area contributed by atoms with E-state index in [1.165, 1.54) is 13.4 Å².